The van der Waals surface area contributed by atoms with Crippen molar-refractivity contribution in [2.75, 3.05) is 18.9 Å². The zero-order chi connectivity index (χ0) is 12.8. The molecule has 0 bridgehead atoms. The summed E-state index contributed by atoms with van der Waals surface area (Å²) in [7, 11) is 1.56. The van der Waals surface area contributed by atoms with Crippen molar-refractivity contribution in [3.63, 3.8) is 0 Å². The molecule has 2 amide bonds. The predicted octanol–water partition coefficient (Wildman–Crippen LogP) is 2.23. The number of carboxylic acids is 1. The average molecular weight is 348 g/mol. The van der Waals surface area contributed by atoms with Crippen LogP contribution in [0.5, 0.6) is 0 Å². The van der Waals surface area contributed by atoms with Crippen LogP contribution in [0.25, 0.3) is 0 Å². The van der Waals surface area contributed by atoms with Crippen molar-refractivity contribution in [2.45, 2.75) is 6.42 Å². The number of carboxylic acid groups (broad SMARTS) is 1. The van der Waals surface area contributed by atoms with Gasteiger partial charge in [0.2, 0.25) is 0 Å². The third-order valence-corrected chi connectivity index (χ3v) is 2.82. The molecule has 17 heavy (non-hydrogen) atoms. The first-order valence-corrected chi connectivity index (χ1v) is 6.06. The summed E-state index contributed by atoms with van der Waals surface area (Å²) in [6.07, 6.45) is -0.0589. The third-order valence-electron chi connectivity index (χ3n) is 2.10. The van der Waals surface area contributed by atoms with Gasteiger partial charge in [0, 0.05) is 22.8 Å². The van der Waals surface area contributed by atoms with Crippen LogP contribution in [0, 0.1) is 3.57 Å². The fraction of sp³-hybridized carbons (Fsp3) is 0.273. The lowest BCUT2D eigenvalue weighted by atomic mass is 10.3. The van der Waals surface area contributed by atoms with Crippen LogP contribution >= 0.6 is 22.6 Å². The molecule has 1 aromatic rings. The summed E-state index contributed by atoms with van der Waals surface area (Å²) in [6, 6.07) is 7.04. The molecule has 0 atom stereocenters. The highest BCUT2D eigenvalue weighted by atomic mass is 127. The molecule has 0 spiro atoms. The molecule has 0 aliphatic rings. The lowest BCUT2D eigenvalue weighted by Crippen LogP contribution is -2.33. The minimum atomic E-state index is -0.918. The SMILES string of the molecule is CN(CCC(=O)O)C(=O)Nc1ccc(I)cc1. The molecule has 1 aromatic carbocycles. The van der Waals surface area contributed by atoms with Gasteiger partial charge in [-0.1, -0.05) is 0 Å². The number of urea groups is 1. The normalized spacial score (nSPS) is 9.76. The van der Waals surface area contributed by atoms with Gasteiger partial charge in [-0.25, -0.2) is 4.79 Å². The van der Waals surface area contributed by atoms with E-state index in [0.29, 0.717) is 5.69 Å². The number of aliphatic carboxylic acids is 1. The van der Waals surface area contributed by atoms with Crippen LogP contribution in [0.15, 0.2) is 24.3 Å². The first-order valence-electron chi connectivity index (χ1n) is 4.98. The maximum absolute atomic E-state index is 11.6. The van der Waals surface area contributed by atoms with Crippen LogP contribution in [0.2, 0.25) is 0 Å². The van der Waals surface area contributed by atoms with Crippen molar-refractivity contribution in [1.82, 2.24) is 4.90 Å². The van der Waals surface area contributed by atoms with Gasteiger partial charge in [-0.05, 0) is 46.9 Å². The zero-order valence-corrected chi connectivity index (χ0v) is 11.5. The monoisotopic (exact) mass is 348 g/mol. The highest BCUT2D eigenvalue weighted by Crippen LogP contribution is 2.11. The second-order valence-corrected chi connectivity index (χ2v) is 4.75. The van der Waals surface area contributed by atoms with Crippen molar-refractivity contribution in [2.24, 2.45) is 0 Å². The fourth-order valence-corrected chi connectivity index (χ4v) is 1.48. The second-order valence-electron chi connectivity index (χ2n) is 3.50. The maximum atomic E-state index is 11.6. The Balaban J connectivity index is 2.48. The molecule has 1 rings (SSSR count). The van der Waals surface area contributed by atoms with Gasteiger partial charge in [0.25, 0.3) is 0 Å². The topological polar surface area (TPSA) is 69.6 Å². The number of nitrogens with zero attached hydrogens (tertiary/aromatic N) is 1. The predicted molar refractivity (Wildman–Crippen MR) is 73.1 cm³/mol. The summed E-state index contributed by atoms with van der Waals surface area (Å²) in [5, 5.41) is 11.2. The molecule has 0 aliphatic carbocycles. The highest BCUT2D eigenvalue weighted by molar-refractivity contribution is 14.1. The third kappa shape index (κ3) is 5.03. The minimum Gasteiger partial charge on any atom is -0.481 e. The van der Waals surface area contributed by atoms with Crippen LogP contribution < -0.4 is 5.32 Å². The number of carbonyl (C=O) groups excluding carboxylic acids is 1. The Morgan fingerprint density at radius 1 is 1.35 bits per heavy atom. The van der Waals surface area contributed by atoms with Crippen molar-refractivity contribution in [1.29, 1.82) is 0 Å². The van der Waals surface area contributed by atoms with E-state index in [1.165, 1.54) is 4.90 Å². The first kappa shape index (κ1) is 13.8. The number of amides is 2. The highest BCUT2D eigenvalue weighted by Gasteiger charge is 2.09. The van der Waals surface area contributed by atoms with E-state index in [1.807, 2.05) is 12.1 Å². The molecule has 0 aromatic heterocycles. The summed E-state index contributed by atoms with van der Waals surface area (Å²) in [4.78, 5) is 23.3. The van der Waals surface area contributed by atoms with E-state index < -0.39 is 5.97 Å². The van der Waals surface area contributed by atoms with Crippen molar-refractivity contribution in [3.8, 4) is 0 Å². The number of hydrogen-bond acceptors (Lipinski definition) is 2. The Morgan fingerprint density at radius 2 is 1.94 bits per heavy atom. The molecular formula is C11H13IN2O3. The van der Waals surface area contributed by atoms with E-state index in [1.54, 1.807) is 19.2 Å². The summed E-state index contributed by atoms with van der Waals surface area (Å²) in [6.45, 7) is 0.186. The molecule has 5 nitrogen and oxygen atoms in total. The molecule has 0 radical (unpaired) electrons. The van der Waals surface area contributed by atoms with Gasteiger partial charge in [-0.2, -0.15) is 0 Å². The largest absolute Gasteiger partial charge is 0.481 e. The minimum absolute atomic E-state index is 0.0589. The van der Waals surface area contributed by atoms with E-state index in [-0.39, 0.29) is 19.0 Å². The van der Waals surface area contributed by atoms with Crippen LogP contribution in [0.4, 0.5) is 10.5 Å². The van der Waals surface area contributed by atoms with Gasteiger partial charge in [0.15, 0.2) is 0 Å². The number of carbonyl (C=O) groups is 2. The average Bonchev–Trinajstić information content (AvgIpc) is 2.28. The van der Waals surface area contributed by atoms with Crippen molar-refractivity contribution >= 4 is 40.3 Å². The number of rotatable bonds is 4. The lowest BCUT2D eigenvalue weighted by Gasteiger charge is -2.16. The number of anilines is 1. The molecule has 2 N–H and O–H groups in total. The van der Waals surface area contributed by atoms with E-state index >= 15 is 0 Å². The second kappa shape index (κ2) is 6.43. The van der Waals surface area contributed by atoms with Crippen molar-refractivity contribution in [3.05, 3.63) is 27.8 Å². The van der Waals surface area contributed by atoms with Crippen LogP contribution in [-0.4, -0.2) is 35.6 Å². The van der Waals surface area contributed by atoms with Gasteiger partial charge in [0.1, 0.15) is 0 Å². The van der Waals surface area contributed by atoms with E-state index in [2.05, 4.69) is 27.9 Å². The summed E-state index contributed by atoms with van der Waals surface area (Å²) in [5.74, 6) is -0.918. The molecule has 0 saturated heterocycles. The molecule has 0 unspecified atom stereocenters. The first-order chi connectivity index (χ1) is 7.99. The number of nitrogens with one attached hydrogen (secondary N) is 1. The fourth-order valence-electron chi connectivity index (χ4n) is 1.12. The summed E-state index contributed by atoms with van der Waals surface area (Å²) >= 11 is 2.18. The lowest BCUT2D eigenvalue weighted by molar-refractivity contribution is -0.137. The smallest absolute Gasteiger partial charge is 0.321 e. The molecule has 6 heteroatoms. The standard InChI is InChI=1S/C11H13IN2O3/c1-14(7-6-10(15)16)11(17)13-9-4-2-8(12)3-5-9/h2-5H,6-7H2,1H3,(H,13,17)(H,15,16). The number of hydrogen-bond donors (Lipinski definition) is 2. The summed E-state index contributed by atoms with van der Waals surface area (Å²) in [5.41, 5.74) is 0.692. The molecule has 0 aliphatic heterocycles. The number of halogens is 1. The Kier molecular flexibility index (Phi) is 5.20. The number of benzene rings is 1. The zero-order valence-electron chi connectivity index (χ0n) is 9.31. The Hall–Kier alpha value is -1.31. The summed E-state index contributed by atoms with van der Waals surface area (Å²) < 4.78 is 1.08. The van der Waals surface area contributed by atoms with Gasteiger partial charge in [-0.15, -0.1) is 0 Å². The van der Waals surface area contributed by atoms with E-state index in [0.717, 1.165) is 3.57 Å². The van der Waals surface area contributed by atoms with E-state index in [9.17, 15) is 9.59 Å². The van der Waals surface area contributed by atoms with Crippen LogP contribution in [-0.2, 0) is 4.79 Å². The van der Waals surface area contributed by atoms with Crippen LogP contribution in [0.3, 0.4) is 0 Å². The maximum Gasteiger partial charge on any atom is 0.321 e. The Labute approximate surface area is 113 Å². The molecule has 0 heterocycles. The van der Waals surface area contributed by atoms with Crippen LogP contribution in [0.1, 0.15) is 6.42 Å². The van der Waals surface area contributed by atoms with Crippen molar-refractivity contribution < 1.29 is 14.7 Å². The molecular weight excluding hydrogens is 335 g/mol. The molecule has 92 valence electrons. The van der Waals surface area contributed by atoms with Gasteiger partial charge in [0.05, 0.1) is 6.42 Å². The Bertz CT molecular complexity index is 406. The van der Waals surface area contributed by atoms with E-state index in [4.69, 9.17) is 5.11 Å². The quantitative estimate of drug-likeness (QED) is 0.820. The van der Waals surface area contributed by atoms with Gasteiger partial charge < -0.3 is 15.3 Å². The Morgan fingerprint density at radius 3 is 2.47 bits per heavy atom. The molecule has 0 fully saturated rings. The van der Waals surface area contributed by atoms with Gasteiger partial charge in [-0.3, -0.25) is 4.79 Å². The molecule has 0 saturated carbocycles. The van der Waals surface area contributed by atoms with Gasteiger partial charge >= 0.3 is 12.0 Å².